The molecule has 0 radical (unpaired) electrons. The van der Waals surface area contributed by atoms with Crippen LogP contribution in [0.15, 0.2) is 29.2 Å². The molecule has 1 aromatic carbocycles. The van der Waals surface area contributed by atoms with Crippen LogP contribution in [-0.2, 0) is 10.0 Å². The Morgan fingerprint density at radius 3 is 2.42 bits per heavy atom. The van der Waals surface area contributed by atoms with Crippen molar-refractivity contribution in [1.29, 1.82) is 0 Å². The Balaban J connectivity index is 2.17. The molecule has 2 atom stereocenters. The Labute approximate surface area is 109 Å². The van der Waals surface area contributed by atoms with Crippen LogP contribution < -0.4 is 10.0 Å². The van der Waals surface area contributed by atoms with Gasteiger partial charge in [0.2, 0.25) is 10.0 Å². The molecule has 1 heterocycles. The molecular weight excluding hydrogens is 274 g/mol. The maximum atomic E-state index is 12.0. The maximum absolute atomic E-state index is 12.0. The van der Waals surface area contributed by atoms with Crippen LogP contribution in [0.5, 0.6) is 0 Å². The highest BCUT2D eigenvalue weighted by Gasteiger charge is 2.29. The number of hydrogen-bond donors (Lipinski definition) is 3. The second-order valence-corrected chi connectivity index (χ2v) is 5.92. The largest absolute Gasteiger partial charge is 0.390 e. The van der Waals surface area contributed by atoms with Crippen molar-refractivity contribution in [1.82, 2.24) is 10.0 Å². The van der Waals surface area contributed by atoms with Gasteiger partial charge in [-0.05, 0) is 12.1 Å². The highest BCUT2D eigenvalue weighted by Crippen LogP contribution is 2.16. The van der Waals surface area contributed by atoms with Gasteiger partial charge in [-0.25, -0.2) is 13.1 Å². The van der Waals surface area contributed by atoms with Crippen LogP contribution in [0.25, 0.3) is 0 Å². The van der Waals surface area contributed by atoms with Crippen LogP contribution in [0.4, 0.5) is 5.69 Å². The summed E-state index contributed by atoms with van der Waals surface area (Å²) in [5, 5.41) is 22.9. The van der Waals surface area contributed by atoms with Gasteiger partial charge in [0.25, 0.3) is 5.69 Å². The van der Waals surface area contributed by atoms with Gasteiger partial charge in [-0.15, -0.1) is 0 Å². The number of sulfonamides is 1. The van der Waals surface area contributed by atoms with E-state index in [4.69, 9.17) is 0 Å². The van der Waals surface area contributed by atoms with E-state index >= 15 is 0 Å². The van der Waals surface area contributed by atoms with Gasteiger partial charge < -0.3 is 10.4 Å². The van der Waals surface area contributed by atoms with Gasteiger partial charge in [0.15, 0.2) is 0 Å². The van der Waals surface area contributed by atoms with Crippen molar-refractivity contribution in [3.05, 3.63) is 34.4 Å². The highest BCUT2D eigenvalue weighted by atomic mass is 32.2. The molecule has 0 spiro atoms. The summed E-state index contributed by atoms with van der Waals surface area (Å²) in [5.74, 6) is 0. The van der Waals surface area contributed by atoms with E-state index in [1.54, 1.807) is 0 Å². The fourth-order valence-electron chi connectivity index (χ4n) is 1.80. The Morgan fingerprint density at radius 1 is 1.32 bits per heavy atom. The van der Waals surface area contributed by atoms with E-state index in [1.165, 1.54) is 0 Å². The fraction of sp³-hybridized carbons (Fsp3) is 0.400. The van der Waals surface area contributed by atoms with E-state index in [-0.39, 0.29) is 10.6 Å². The van der Waals surface area contributed by atoms with Gasteiger partial charge >= 0.3 is 0 Å². The molecule has 0 bridgehead atoms. The van der Waals surface area contributed by atoms with Crippen molar-refractivity contribution in [2.45, 2.75) is 17.0 Å². The predicted octanol–water partition coefficient (Wildman–Crippen LogP) is -0.794. The number of benzene rings is 1. The van der Waals surface area contributed by atoms with Crippen molar-refractivity contribution in [2.24, 2.45) is 0 Å². The van der Waals surface area contributed by atoms with E-state index in [2.05, 4.69) is 10.0 Å². The molecule has 2 rings (SSSR count). The molecule has 1 aliphatic heterocycles. The summed E-state index contributed by atoms with van der Waals surface area (Å²) in [7, 11) is -3.79. The molecule has 9 heteroatoms. The van der Waals surface area contributed by atoms with E-state index in [1.807, 2.05) is 0 Å². The topological polar surface area (TPSA) is 122 Å². The third-order valence-corrected chi connectivity index (χ3v) is 4.35. The summed E-state index contributed by atoms with van der Waals surface area (Å²) >= 11 is 0. The molecule has 1 saturated heterocycles. The monoisotopic (exact) mass is 287 g/mol. The normalized spacial score (nSPS) is 23.4. The smallest absolute Gasteiger partial charge is 0.269 e. The van der Waals surface area contributed by atoms with Crippen LogP contribution in [0.3, 0.4) is 0 Å². The van der Waals surface area contributed by atoms with Crippen molar-refractivity contribution in [3.63, 3.8) is 0 Å². The number of nitrogens with zero attached hydrogens (tertiary/aromatic N) is 1. The Kier molecular flexibility index (Phi) is 3.80. The van der Waals surface area contributed by atoms with Gasteiger partial charge in [-0.1, -0.05) is 0 Å². The molecule has 0 unspecified atom stereocenters. The molecule has 0 aliphatic carbocycles. The molecule has 1 fully saturated rings. The van der Waals surface area contributed by atoms with Gasteiger partial charge in [-0.2, -0.15) is 0 Å². The Bertz CT molecular complexity index is 571. The van der Waals surface area contributed by atoms with Crippen molar-refractivity contribution < 1.29 is 18.4 Å². The summed E-state index contributed by atoms with van der Waals surface area (Å²) in [4.78, 5) is 9.81. The first-order valence-electron chi connectivity index (χ1n) is 5.56. The summed E-state index contributed by atoms with van der Waals surface area (Å²) in [6, 6.07) is 3.97. The molecule has 0 aromatic heterocycles. The lowest BCUT2D eigenvalue weighted by Crippen LogP contribution is -2.42. The van der Waals surface area contributed by atoms with E-state index < -0.39 is 27.1 Å². The van der Waals surface area contributed by atoms with Crippen LogP contribution in [-0.4, -0.2) is 43.7 Å². The standard InChI is InChI=1S/C10H13N3O5S/c14-10-6-11-5-9(10)12-19(17,18)8-3-1-7(2-4-8)13(15)16/h1-4,9-12,14H,5-6H2/t9-,10+/m0/s1. The minimum Gasteiger partial charge on any atom is -0.390 e. The van der Waals surface area contributed by atoms with Crippen LogP contribution in [0, 0.1) is 10.1 Å². The number of aliphatic hydroxyl groups excluding tert-OH is 1. The number of nitrogens with one attached hydrogen (secondary N) is 2. The lowest BCUT2D eigenvalue weighted by molar-refractivity contribution is -0.384. The zero-order valence-corrected chi connectivity index (χ0v) is 10.6. The Morgan fingerprint density at radius 2 is 1.95 bits per heavy atom. The summed E-state index contributed by atoms with van der Waals surface area (Å²) in [6.07, 6.45) is -0.784. The fourth-order valence-corrected chi connectivity index (χ4v) is 3.07. The van der Waals surface area contributed by atoms with Gasteiger partial charge in [0.05, 0.1) is 22.0 Å². The molecular formula is C10H13N3O5S. The number of non-ortho nitro benzene ring substituents is 1. The Hall–Kier alpha value is -1.55. The summed E-state index contributed by atoms with van der Waals surface area (Å²) in [5.41, 5.74) is -0.179. The van der Waals surface area contributed by atoms with E-state index in [0.717, 1.165) is 24.3 Å². The van der Waals surface area contributed by atoms with Crippen molar-refractivity contribution >= 4 is 15.7 Å². The number of aliphatic hydroxyl groups is 1. The highest BCUT2D eigenvalue weighted by molar-refractivity contribution is 7.89. The minimum absolute atomic E-state index is 0.0720. The molecule has 104 valence electrons. The van der Waals surface area contributed by atoms with Crippen molar-refractivity contribution in [3.8, 4) is 0 Å². The number of nitro benzene ring substituents is 1. The van der Waals surface area contributed by atoms with Gasteiger partial charge in [0.1, 0.15) is 0 Å². The van der Waals surface area contributed by atoms with E-state index in [9.17, 15) is 23.6 Å². The molecule has 19 heavy (non-hydrogen) atoms. The summed E-state index contributed by atoms with van der Waals surface area (Å²) < 4.78 is 26.3. The SMILES string of the molecule is O=[N+]([O-])c1ccc(S(=O)(=O)N[C@H]2CNC[C@H]2O)cc1. The first-order chi connectivity index (χ1) is 8.90. The van der Waals surface area contributed by atoms with Crippen molar-refractivity contribution in [2.75, 3.05) is 13.1 Å². The molecule has 3 N–H and O–H groups in total. The first-order valence-corrected chi connectivity index (χ1v) is 7.04. The number of rotatable bonds is 4. The van der Waals surface area contributed by atoms with Gasteiger partial charge in [-0.3, -0.25) is 10.1 Å². The lowest BCUT2D eigenvalue weighted by Gasteiger charge is -2.15. The van der Waals surface area contributed by atoms with Gasteiger partial charge in [0, 0.05) is 25.2 Å². The van der Waals surface area contributed by atoms with E-state index in [0.29, 0.717) is 13.1 Å². The molecule has 0 amide bonds. The predicted molar refractivity (Wildman–Crippen MR) is 66.1 cm³/mol. The molecule has 1 aliphatic rings. The lowest BCUT2D eigenvalue weighted by atomic mass is 10.2. The zero-order chi connectivity index (χ0) is 14.0. The minimum atomic E-state index is -3.79. The van der Waals surface area contributed by atoms with Crippen LogP contribution in [0.2, 0.25) is 0 Å². The number of hydrogen-bond acceptors (Lipinski definition) is 6. The second-order valence-electron chi connectivity index (χ2n) is 4.20. The summed E-state index contributed by atoms with van der Waals surface area (Å²) in [6.45, 7) is 0.667. The third kappa shape index (κ3) is 3.07. The average molecular weight is 287 g/mol. The average Bonchev–Trinajstić information content (AvgIpc) is 2.74. The zero-order valence-electron chi connectivity index (χ0n) is 9.81. The molecule has 8 nitrogen and oxygen atoms in total. The number of β-amino-alcohol motifs (C(OH)–C–C–N with tert-alkyl or cyclic N) is 1. The first kappa shape index (κ1) is 13.9. The quantitative estimate of drug-likeness (QED) is 0.492. The van der Waals surface area contributed by atoms with Crippen LogP contribution in [0.1, 0.15) is 0 Å². The van der Waals surface area contributed by atoms with Crippen LogP contribution >= 0.6 is 0 Å². The third-order valence-electron chi connectivity index (χ3n) is 2.85. The second kappa shape index (κ2) is 5.21. The molecule has 0 saturated carbocycles. The number of nitro groups is 1. The maximum Gasteiger partial charge on any atom is 0.269 e. The molecule has 1 aromatic rings.